The molecule has 1 saturated carbocycles. The van der Waals surface area contributed by atoms with E-state index < -0.39 is 6.04 Å². The molecule has 0 radical (unpaired) electrons. The summed E-state index contributed by atoms with van der Waals surface area (Å²) in [6.45, 7) is 1.82. The first-order valence-electron chi connectivity index (χ1n) is 5.18. The number of ether oxygens (including phenoxy) is 1. The van der Waals surface area contributed by atoms with Gasteiger partial charge in [-0.2, -0.15) is 12.6 Å². The number of thiol groups is 1. The molecular weight excluding hydrogens is 214 g/mol. The van der Waals surface area contributed by atoms with E-state index in [0.29, 0.717) is 6.61 Å². The van der Waals surface area contributed by atoms with Gasteiger partial charge < -0.3 is 10.1 Å². The van der Waals surface area contributed by atoms with Crippen molar-refractivity contribution in [1.82, 2.24) is 5.32 Å². The lowest BCUT2D eigenvalue weighted by Gasteiger charge is -2.14. The lowest BCUT2D eigenvalue weighted by molar-refractivity contribution is -0.147. The fourth-order valence-corrected chi connectivity index (χ4v) is 1.50. The SMILES string of the molecule is CC(=O)NC(CS)C(=O)OCCC1CC1. The van der Waals surface area contributed by atoms with Crippen molar-refractivity contribution >= 4 is 24.5 Å². The van der Waals surface area contributed by atoms with Crippen LogP contribution >= 0.6 is 12.6 Å². The number of carbonyl (C=O) groups excluding carboxylic acids is 2. The molecule has 0 saturated heterocycles. The van der Waals surface area contributed by atoms with Crippen molar-refractivity contribution in [3.63, 3.8) is 0 Å². The van der Waals surface area contributed by atoms with Gasteiger partial charge in [-0.25, -0.2) is 4.79 Å². The third-order valence-corrected chi connectivity index (χ3v) is 2.68. The predicted octanol–water partition coefficient (Wildman–Crippen LogP) is 0.764. The summed E-state index contributed by atoms with van der Waals surface area (Å²) in [6, 6.07) is -0.620. The second-order valence-corrected chi connectivity index (χ2v) is 4.20. The first-order valence-corrected chi connectivity index (χ1v) is 5.81. The van der Waals surface area contributed by atoms with Gasteiger partial charge in [0, 0.05) is 12.7 Å². The lowest BCUT2D eigenvalue weighted by Crippen LogP contribution is -2.42. The van der Waals surface area contributed by atoms with Crippen molar-refractivity contribution in [3.05, 3.63) is 0 Å². The summed E-state index contributed by atoms with van der Waals surface area (Å²) in [4.78, 5) is 22.2. The quantitative estimate of drug-likeness (QED) is 0.524. The largest absolute Gasteiger partial charge is 0.464 e. The van der Waals surface area contributed by atoms with Gasteiger partial charge in [0.15, 0.2) is 0 Å². The molecule has 1 aliphatic rings. The van der Waals surface area contributed by atoms with E-state index in [9.17, 15) is 9.59 Å². The van der Waals surface area contributed by atoms with Gasteiger partial charge >= 0.3 is 5.97 Å². The summed E-state index contributed by atoms with van der Waals surface area (Å²) in [6.07, 6.45) is 3.43. The predicted molar refractivity (Wildman–Crippen MR) is 59.8 cm³/mol. The van der Waals surface area contributed by atoms with Crippen LogP contribution < -0.4 is 5.32 Å². The van der Waals surface area contributed by atoms with Crippen LogP contribution in [-0.2, 0) is 14.3 Å². The molecular formula is C10H17NO3S. The summed E-state index contributed by atoms with van der Waals surface area (Å²) < 4.78 is 5.04. The van der Waals surface area contributed by atoms with Gasteiger partial charge in [0.05, 0.1) is 6.61 Å². The van der Waals surface area contributed by atoms with Gasteiger partial charge in [0.2, 0.25) is 5.91 Å². The lowest BCUT2D eigenvalue weighted by atomic mass is 10.3. The molecule has 4 nitrogen and oxygen atoms in total. The normalized spacial score (nSPS) is 16.9. The average molecular weight is 231 g/mol. The van der Waals surface area contributed by atoms with Gasteiger partial charge in [-0.3, -0.25) is 4.79 Å². The molecule has 0 aromatic carbocycles. The minimum atomic E-state index is -0.620. The Bertz CT molecular complexity index is 241. The van der Waals surface area contributed by atoms with Crippen molar-refractivity contribution in [2.45, 2.75) is 32.2 Å². The van der Waals surface area contributed by atoms with Gasteiger partial charge in [-0.1, -0.05) is 12.8 Å². The van der Waals surface area contributed by atoms with Gasteiger partial charge in [0.1, 0.15) is 6.04 Å². The van der Waals surface area contributed by atoms with Crippen molar-refractivity contribution in [1.29, 1.82) is 0 Å². The third-order valence-electron chi connectivity index (χ3n) is 2.31. The van der Waals surface area contributed by atoms with E-state index in [2.05, 4.69) is 17.9 Å². The maximum absolute atomic E-state index is 11.4. The van der Waals surface area contributed by atoms with Crippen LogP contribution in [0.25, 0.3) is 0 Å². The highest BCUT2D eigenvalue weighted by atomic mass is 32.1. The van der Waals surface area contributed by atoms with Crippen LogP contribution in [0.4, 0.5) is 0 Å². The maximum atomic E-state index is 11.4. The second kappa shape index (κ2) is 6.00. The van der Waals surface area contributed by atoms with Crippen LogP contribution in [0.5, 0.6) is 0 Å². The second-order valence-electron chi connectivity index (χ2n) is 3.84. The molecule has 0 aliphatic heterocycles. The number of amides is 1. The summed E-state index contributed by atoms with van der Waals surface area (Å²) >= 11 is 3.99. The number of esters is 1. The maximum Gasteiger partial charge on any atom is 0.329 e. The van der Waals surface area contributed by atoms with Gasteiger partial charge in [-0.05, 0) is 12.3 Å². The van der Waals surface area contributed by atoms with E-state index in [1.54, 1.807) is 0 Å². The van der Waals surface area contributed by atoms with Crippen LogP contribution in [0, 0.1) is 5.92 Å². The monoisotopic (exact) mass is 231 g/mol. The number of nitrogens with one attached hydrogen (secondary N) is 1. The summed E-state index contributed by atoms with van der Waals surface area (Å²) in [7, 11) is 0. The molecule has 1 rings (SSSR count). The van der Waals surface area contributed by atoms with Gasteiger partial charge in [-0.15, -0.1) is 0 Å². The van der Waals surface area contributed by atoms with Crippen LogP contribution in [0.15, 0.2) is 0 Å². The zero-order valence-electron chi connectivity index (χ0n) is 8.86. The summed E-state index contributed by atoms with van der Waals surface area (Å²) in [5.41, 5.74) is 0. The Labute approximate surface area is 95.2 Å². The topological polar surface area (TPSA) is 55.4 Å². The van der Waals surface area contributed by atoms with Crippen LogP contribution in [0.1, 0.15) is 26.2 Å². The molecule has 0 aromatic rings. The Balaban J connectivity index is 2.18. The fraction of sp³-hybridized carbons (Fsp3) is 0.800. The zero-order valence-corrected chi connectivity index (χ0v) is 9.76. The molecule has 0 aromatic heterocycles. The van der Waals surface area contributed by atoms with E-state index >= 15 is 0 Å². The Morgan fingerprint density at radius 3 is 2.67 bits per heavy atom. The highest BCUT2D eigenvalue weighted by molar-refractivity contribution is 7.80. The Kier molecular flexibility index (Phi) is 4.94. The minimum absolute atomic E-state index is 0.242. The molecule has 1 atom stereocenters. The smallest absolute Gasteiger partial charge is 0.329 e. The van der Waals surface area contributed by atoms with Crippen molar-refractivity contribution in [2.24, 2.45) is 5.92 Å². The molecule has 15 heavy (non-hydrogen) atoms. The highest BCUT2D eigenvalue weighted by Crippen LogP contribution is 2.32. The molecule has 0 heterocycles. The van der Waals surface area contributed by atoms with Crippen LogP contribution in [-0.4, -0.2) is 30.3 Å². The molecule has 1 amide bonds. The first-order chi connectivity index (χ1) is 7.13. The zero-order chi connectivity index (χ0) is 11.3. The number of rotatable bonds is 6. The number of hydrogen-bond acceptors (Lipinski definition) is 4. The summed E-state index contributed by atoms with van der Waals surface area (Å²) in [5, 5.41) is 2.49. The molecule has 1 fully saturated rings. The van der Waals surface area contributed by atoms with Crippen LogP contribution in [0.2, 0.25) is 0 Å². The minimum Gasteiger partial charge on any atom is -0.464 e. The van der Waals surface area contributed by atoms with E-state index in [1.165, 1.54) is 19.8 Å². The Morgan fingerprint density at radius 2 is 2.20 bits per heavy atom. The molecule has 0 spiro atoms. The molecule has 0 bridgehead atoms. The third kappa shape index (κ3) is 5.06. The van der Waals surface area contributed by atoms with E-state index in [0.717, 1.165) is 12.3 Å². The van der Waals surface area contributed by atoms with E-state index in [-0.39, 0.29) is 17.6 Å². The standard InChI is InChI=1S/C10H17NO3S/c1-7(12)11-9(6-15)10(13)14-5-4-8-2-3-8/h8-9,15H,2-6H2,1H3,(H,11,12). The van der Waals surface area contributed by atoms with Crippen molar-refractivity contribution in [2.75, 3.05) is 12.4 Å². The van der Waals surface area contributed by atoms with E-state index in [1.807, 2.05) is 0 Å². The van der Waals surface area contributed by atoms with Crippen LogP contribution in [0.3, 0.4) is 0 Å². The number of carbonyl (C=O) groups is 2. The highest BCUT2D eigenvalue weighted by Gasteiger charge is 2.23. The first kappa shape index (κ1) is 12.4. The molecule has 86 valence electrons. The molecule has 1 aliphatic carbocycles. The van der Waals surface area contributed by atoms with Gasteiger partial charge in [0.25, 0.3) is 0 Å². The van der Waals surface area contributed by atoms with Crippen molar-refractivity contribution < 1.29 is 14.3 Å². The Morgan fingerprint density at radius 1 is 1.53 bits per heavy atom. The molecule has 1 N–H and O–H groups in total. The fourth-order valence-electron chi connectivity index (χ4n) is 1.26. The van der Waals surface area contributed by atoms with E-state index in [4.69, 9.17) is 4.74 Å². The molecule has 5 heteroatoms. The summed E-state index contributed by atoms with van der Waals surface area (Å²) in [5.74, 6) is 0.379. The molecule has 1 unspecified atom stereocenters. The number of hydrogen-bond donors (Lipinski definition) is 2. The van der Waals surface area contributed by atoms with Crippen molar-refractivity contribution in [3.8, 4) is 0 Å². The average Bonchev–Trinajstić information content (AvgIpc) is 2.97. The Hall–Kier alpha value is -0.710.